The van der Waals surface area contributed by atoms with Gasteiger partial charge in [-0.05, 0) is 32.2 Å². The molecule has 18 heavy (non-hydrogen) atoms. The summed E-state index contributed by atoms with van der Waals surface area (Å²) in [7, 11) is 0. The molecule has 1 fully saturated rings. The van der Waals surface area contributed by atoms with Gasteiger partial charge < -0.3 is 21.9 Å². The first-order chi connectivity index (χ1) is 8.57. The summed E-state index contributed by atoms with van der Waals surface area (Å²) in [6.07, 6.45) is 6.34. The Bertz CT molecular complexity index is 237. The summed E-state index contributed by atoms with van der Waals surface area (Å²) >= 11 is 0. The number of amides is 1. The van der Waals surface area contributed by atoms with E-state index in [1.165, 1.54) is 6.42 Å². The van der Waals surface area contributed by atoms with Crippen LogP contribution in [0, 0.1) is 0 Å². The van der Waals surface area contributed by atoms with Crippen LogP contribution in [0.5, 0.6) is 0 Å². The van der Waals surface area contributed by atoms with Crippen LogP contribution in [-0.4, -0.2) is 36.1 Å². The Hall–Kier alpha value is -1.14. The highest BCUT2D eigenvalue weighted by Crippen LogP contribution is 2.02. The normalized spacial score (nSPS) is 16.9. The van der Waals surface area contributed by atoms with Crippen LogP contribution in [-0.2, 0) is 9.59 Å². The SMILES string of the molecule is NCCCCC(N)C(=O)O.O=C1CCCCCN1. The maximum atomic E-state index is 10.6. The zero-order chi connectivity index (χ0) is 13.8. The highest BCUT2D eigenvalue weighted by Gasteiger charge is 2.09. The predicted molar refractivity (Wildman–Crippen MR) is 70.0 cm³/mol. The Balaban J connectivity index is 0.000000327. The summed E-state index contributed by atoms with van der Waals surface area (Å²) in [6.45, 7) is 1.49. The van der Waals surface area contributed by atoms with Gasteiger partial charge in [0.05, 0.1) is 0 Å². The van der Waals surface area contributed by atoms with Gasteiger partial charge in [0, 0.05) is 13.0 Å². The third-order valence-corrected chi connectivity index (χ3v) is 2.69. The van der Waals surface area contributed by atoms with E-state index < -0.39 is 12.0 Å². The smallest absolute Gasteiger partial charge is 0.320 e. The highest BCUT2D eigenvalue weighted by molar-refractivity contribution is 5.75. The van der Waals surface area contributed by atoms with Crippen LogP contribution < -0.4 is 16.8 Å². The molecule has 1 unspecified atom stereocenters. The Morgan fingerprint density at radius 3 is 2.67 bits per heavy atom. The third-order valence-electron chi connectivity index (χ3n) is 2.69. The van der Waals surface area contributed by atoms with Gasteiger partial charge in [0.15, 0.2) is 0 Å². The molecule has 0 saturated carbocycles. The minimum absolute atomic E-state index is 0.225. The van der Waals surface area contributed by atoms with Crippen molar-refractivity contribution < 1.29 is 14.7 Å². The number of carbonyl (C=O) groups is 2. The van der Waals surface area contributed by atoms with Gasteiger partial charge in [-0.15, -0.1) is 0 Å². The quantitative estimate of drug-likeness (QED) is 0.526. The number of carbonyl (C=O) groups excluding carboxylic acids is 1. The van der Waals surface area contributed by atoms with E-state index in [-0.39, 0.29) is 5.91 Å². The molecule has 106 valence electrons. The van der Waals surface area contributed by atoms with E-state index in [1.807, 2.05) is 0 Å². The minimum Gasteiger partial charge on any atom is -0.480 e. The summed E-state index contributed by atoms with van der Waals surface area (Å²) in [5.41, 5.74) is 10.4. The molecule has 1 saturated heterocycles. The predicted octanol–water partition coefficient (Wildman–Crippen LogP) is 0.204. The second-order valence-electron chi connectivity index (χ2n) is 4.39. The molecule has 0 aromatic carbocycles. The van der Waals surface area contributed by atoms with Crippen molar-refractivity contribution in [3.63, 3.8) is 0 Å². The number of carboxylic acids is 1. The van der Waals surface area contributed by atoms with Gasteiger partial charge >= 0.3 is 5.97 Å². The molecule has 0 spiro atoms. The first-order valence-electron chi connectivity index (χ1n) is 6.53. The maximum absolute atomic E-state index is 10.6. The Labute approximate surface area is 108 Å². The highest BCUT2D eigenvalue weighted by atomic mass is 16.4. The standard InChI is InChI=1S/C6H14N2O2.C6H11NO/c7-4-2-1-3-5(8)6(9)10;8-6-4-2-1-3-5-7-6/h5H,1-4,7-8H2,(H,9,10);1-5H2,(H,7,8). The van der Waals surface area contributed by atoms with Crippen molar-refractivity contribution in [3.8, 4) is 0 Å². The van der Waals surface area contributed by atoms with Gasteiger partial charge in [-0.3, -0.25) is 9.59 Å². The van der Waals surface area contributed by atoms with Crippen LogP contribution >= 0.6 is 0 Å². The number of aliphatic carboxylic acids is 1. The third kappa shape index (κ3) is 10.0. The van der Waals surface area contributed by atoms with Crippen LogP contribution in [0.1, 0.15) is 44.9 Å². The zero-order valence-corrected chi connectivity index (χ0v) is 10.9. The second kappa shape index (κ2) is 11.0. The summed E-state index contributed by atoms with van der Waals surface area (Å²) in [5.74, 6) is -0.709. The minimum atomic E-state index is -0.933. The fourth-order valence-corrected chi connectivity index (χ4v) is 1.54. The van der Waals surface area contributed by atoms with E-state index in [9.17, 15) is 9.59 Å². The van der Waals surface area contributed by atoms with Crippen molar-refractivity contribution in [3.05, 3.63) is 0 Å². The van der Waals surface area contributed by atoms with Crippen molar-refractivity contribution in [2.45, 2.75) is 51.0 Å². The molecule has 0 aromatic heterocycles. The lowest BCUT2D eigenvalue weighted by molar-refractivity contribution is -0.138. The Kier molecular flexibility index (Phi) is 10.3. The molecule has 1 aliphatic heterocycles. The molecule has 0 aliphatic carbocycles. The van der Waals surface area contributed by atoms with Gasteiger partial charge in [-0.25, -0.2) is 0 Å². The van der Waals surface area contributed by atoms with Crippen molar-refractivity contribution >= 4 is 11.9 Å². The number of hydrogen-bond acceptors (Lipinski definition) is 4. The van der Waals surface area contributed by atoms with Gasteiger partial charge in [0.25, 0.3) is 0 Å². The van der Waals surface area contributed by atoms with Gasteiger partial charge in [-0.1, -0.05) is 12.8 Å². The summed E-state index contributed by atoms with van der Waals surface area (Å²) in [6, 6.07) is -0.716. The molecular weight excluding hydrogens is 234 g/mol. The molecule has 6 N–H and O–H groups in total. The van der Waals surface area contributed by atoms with Gasteiger partial charge in [-0.2, -0.15) is 0 Å². The largest absolute Gasteiger partial charge is 0.480 e. The topological polar surface area (TPSA) is 118 Å². The van der Waals surface area contributed by atoms with Gasteiger partial charge in [0.2, 0.25) is 5.91 Å². The van der Waals surface area contributed by atoms with Crippen LogP contribution in [0.15, 0.2) is 0 Å². The van der Waals surface area contributed by atoms with E-state index >= 15 is 0 Å². The van der Waals surface area contributed by atoms with Crippen LogP contribution in [0.25, 0.3) is 0 Å². The Morgan fingerprint density at radius 2 is 2.06 bits per heavy atom. The fraction of sp³-hybridized carbons (Fsp3) is 0.833. The first kappa shape index (κ1) is 16.9. The van der Waals surface area contributed by atoms with Crippen LogP contribution in [0.3, 0.4) is 0 Å². The maximum Gasteiger partial charge on any atom is 0.320 e. The van der Waals surface area contributed by atoms with Crippen molar-refractivity contribution in [1.29, 1.82) is 0 Å². The van der Waals surface area contributed by atoms with Crippen molar-refractivity contribution in [2.75, 3.05) is 13.1 Å². The fourth-order valence-electron chi connectivity index (χ4n) is 1.54. The lowest BCUT2D eigenvalue weighted by Crippen LogP contribution is -2.29. The van der Waals surface area contributed by atoms with Gasteiger partial charge in [0.1, 0.15) is 6.04 Å². The number of rotatable bonds is 5. The molecule has 1 amide bonds. The summed E-state index contributed by atoms with van der Waals surface area (Å²) in [4.78, 5) is 20.7. The number of nitrogens with two attached hydrogens (primary N) is 2. The van der Waals surface area contributed by atoms with E-state index in [0.29, 0.717) is 13.0 Å². The number of hydrogen-bond donors (Lipinski definition) is 4. The van der Waals surface area contributed by atoms with Crippen molar-refractivity contribution in [2.24, 2.45) is 11.5 Å². The molecule has 0 radical (unpaired) electrons. The molecule has 1 atom stereocenters. The molecule has 0 aromatic rings. The zero-order valence-electron chi connectivity index (χ0n) is 10.9. The first-order valence-corrected chi connectivity index (χ1v) is 6.53. The number of carboxylic acid groups (broad SMARTS) is 1. The average molecular weight is 259 g/mol. The van der Waals surface area contributed by atoms with Crippen molar-refractivity contribution in [1.82, 2.24) is 5.32 Å². The second-order valence-corrected chi connectivity index (χ2v) is 4.39. The molecule has 6 heteroatoms. The lowest BCUT2D eigenvalue weighted by atomic mass is 10.1. The lowest BCUT2D eigenvalue weighted by Gasteiger charge is -2.03. The van der Waals surface area contributed by atoms with Crippen LogP contribution in [0.2, 0.25) is 0 Å². The molecule has 1 aliphatic rings. The van der Waals surface area contributed by atoms with E-state index in [1.54, 1.807) is 0 Å². The number of nitrogens with one attached hydrogen (secondary N) is 1. The van der Waals surface area contributed by atoms with Crippen LogP contribution in [0.4, 0.5) is 0 Å². The Morgan fingerprint density at radius 1 is 1.33 bits per heavy atom. The molecular formula is C12H25N3O3. The number of unbranched alkanes of at least 4 members (excludes halogenated alkanes) is 1. The van der Waals surface area contributed by atoms with E-state index in [4.69, 9.17) is 16.6 Å². The van der Waals surface area contributed by atoms with E-state index in [0.717, 1.165) is 38.6 Å². The summed E-state index contributed by atoms with van der Waals surface area (Å²) in [5, 5.41) is 11.1. The van der Waals surface area contributed by atoms with E-state index in [2.05, 4.69) is 5.32 Å². The molecule has 6 nitrogen and oxygen atoms in total. The monoisotopic (exact) mass is 259 g/mol. The molecule has 1 rings (SSSR count). The molecule has 0 bridgehead atoms. The molecule has 1 heterocycles. The average Bonchev–Trinajstić information content (AvgIpc) is 2.58. The summed E-state index contributed by atoms with van der Waals surface area (Å²) < 4.78 is 0.